The Morgan fingerprint density at radius 1 is 1.00 bits per heavy atom. The van der Waals surface area contributed by atoms with E-state index < -0.39 is 10.0 Å². The van der Waals surface area contributed by atoms with Crippen LogP contribution < -0.4 is 4.31 Å². The third-order valence-electron chi connectivity index (χ3n) is 4.14. The van der Waals surface area contributed by atoms with Crippen molar-refractivity contribution in [3.63, 3.8) is 0 Å². The van der Waals surface area contributed by atoms with Crippen molar-refractivity contribution in [2.45, 2.75) is 26.3 Å². The van der Waals surface area contributed by atoms with Gasteiger partial charge in [0.15, 0.2) is 0 Å². The van der Waals surface area contributed by atoms with E-state index in [2.05, 4.69) is 0 Å². The van der Waals surface area contributed by atoms with E-state index in [9.17, 15) is 8.42 Å². The first-order valence-corrected chi connectivity index (χ1v) is 8.88. The summed E-state index contributed by atoms with van der Waals surface area (Å²) in [5, 5.41) is 0. The molecule has 0 saturated carbocycles. The van der Waals surface area contributed by atoms with Crippen LogP contribution in [0, 0.1) is 13.8 Å². The molecule has 1 atom stereocenters. The van der Waals surface area contributed by atoms with Crippen molar-refractivity contribution in [2.75, 3.05) is 10.6 Å². The molecule has 2 aromatic rings. The number of para-hydroxylation sites is 1. The Kier molecular flexibility index (Phi) is 3.29. The number of fused-ring (bicyclic) bond motifs is 1. The van der Waals surface area contributed by atoms with Crippen molar-refractivity contribution < 1.29 is 8.42 Å². The number of aryl methyl sites for hydroxylation is 2. The Labute approximate surface area is 126 Å². The highest BCUT2D eigenvalue weighted by Gasteiger charge is 2.37. The molecule has 4 heteroatoms. The first-order chi connectivity index (χ1) is 9.89. The lowest BCUT2D eigenvalue weighted by Gasteiger charge is -2.27. The van der Waals surface area contributed by atoms with E-state index in [1.165, 1.54) is 6.26 Å². The van der Waals surface area contributed by atoms with E-state index in [4.69, 9.17) is 0 Å². The minimum Gasteiger partial charge on any atom is -0.262 e. The summed E-state index contributed by atoms with van der Waals surface area (Å²) in [6, 6.07) is 13.9. The average Bonchev–Trinajstić information content (AvgIpc) is 2.79. The van der Waals surface area contributed by atoms with Gasteiger partial charge in [-0.3, -0.25) is 4.31 Å². The maximum atomic E-state index is 12.4. The molecular formula is C17H19NO2S. The first-order valence-electron chi connectivity index (χ1n) is 7.03. The molecule has 0 aliphatic carbocycles. The molecule has 110 valence electrons. The van der Waals surface area contributed by atoms with E-state index in [0.29, 0.717) is 0 Å². The van der Waals surface area contributed by atoms with Gasteiger partial charge in [-0.15, -0.1) is 0 Å². The van der Waals surface area contributed by atoms with Gasteiger partial charge in [0.05, 0.1) is 18.0 Å². The Hall–Kier alpha value is -1.81. The number of hydrogen-bond donors (Lipinski definition) is 0. The predicted molar refractivity (Wildman–Crippen MR) is 86.1 cm³/mol. The standard InChI is InChI=1S/C17H19NO2S/c1-12-7-4-5-10-15(12)16-11-14-9-6-8-13(2)17(14)18(16)21(3,19)20/h4-10,16H,11H2,1-3H3. The highest BCUT2D eigenvalue weighted by molar-refractivity contribution is 7.92. The van der Waals surface area contributed by atoms with Crippen molar-refractivity contribution in [3.05, 3.63) is 64.7 Å². The van der Waals surface area contributed by atoms with Gasteiger partial charge in [0.2, 0.25) is 10.0 Å². The van der Waals surface area contributed by atoms with E-state index in [1.54, 1.807) is 4.31 Å². The van der Waals surface area contributed by atoms with Crippen LogP contribution in [0.3, 0.4) is 0 Å². The van der Waals surface area contributed by atoms with Crippen LogP contribution in [0.4, 0.5) is 5.69 Å². The van der Waals surface area contributed by atoms with E-state index in [0.717, 1.165) is 34.4 Å². The molecule has 0 fully saturated rings. The number of hydrogen-bond acceptors (Lipinski definition) is 2. The summed E-state index contributed by atoms with van der Waals surface area (Å²) >= 11 is 0. The maximum absolute atomic E-state index is 12.4. The van der Waals surface area contributed by atoms with Gasteiger partial charge in [-0.25, -0.2) is 8.42 Å². The normalized spacial score (nSPS) is 17.9. The zero-order valence-electron chi connectivity index (χ0n) is 12.5. The lowest BCUT2D eigenvalue weighted by molar-refractivity contribution is 0.588. The van der Waals surface area contributed by atoms with Gasteiger partial charge in [0.1, 0.15) is 0 Å². The van der Waals surface area contributed by atoms with E-state index in [-0.39, 0.29) is 6.04 Å². The summed E-state index contributed by atoms with van der Waals surface area (Å²) in [7, 11) is -3.32. The highest BCUT2D eigenvalue weighted by atomic mass is 32.2. The molecule has 0 amide bonds. The molecular weight excluding hydrogens is 282 g/mol. The van der Waals surface area contributed by atoms with Gasteiger partial charge in [-0.05, 0) is 36.1 Å². The molecule has 0 N–H and O–H groups in total. The van der Waals surface area contributed by atoms with Gasteiger partial charge in [0.25, 0.3) is 0 Å². The summed E-state index contributed by atoms with van der Waals surface area (Å²) < 4.78 is 26.3. The molecule has 1 heterocycles. The van der Waals surface area contributed by atoms with Crippen molar-refractivity contribution >= 4 is 15.7 Å². The molecule has 1 aliphatic rings. The van der Waals surface area contributed by atoms with Crippen LogP contribution in [0.2, 0.25) is 0 Å². The molecule has 1 unspecified atom stereocenters. The molecule has 0 saturated heterocycles. The second-order valence-corrected chi connectivity index (χ2v) is 7.58. The molecule has 0 radical (unpaired) electrons. The second-order valence-electron chi connectivity index (χ2n) is 5.72. The smallest absolute Gasteiger partial charge is 0.232 e. The molecule has 2 aromatic carbocycles. The fourth-order valence-corrected chi connectivity index (χ4v) is 4.48. The van der Waals surface area contributed by atoms with Crippen LogP contribution in [0.5, 0.6) is 0 Å². The number of rotatable bonds is 2. The minimum absolute atomic E-state index is 0.141. The fourth-order valence-electron chi connectivity index (χ4n) is 3.24. The average molecular weight is 301 g/mol. The monoisotopic (exact) mass is 301 g/mol. The number of sulfonamides is 1. The lowest BCUT2D eigenvalue weighted by atomic mass is 9.98. The van der Waals surface area contributed by atoms with E-state index >= 15 is 0 Å². The SMILES string of the molecule is Cc1ccccc1C1Cc2cccc(C)c2N1S(C)(=O)=O. The molecule has 3 nitrogen and oxygen atoms in total. The van der Waals surface area contributed by atoms with Crippen LogP contribution in [-0.4, -0.2) is 14.7 Å². The van der Waals surface area contributed by atoms with Crippen LogP contribution in [0.15, 0.2) is 42.5 Å². The predicted octanol–water partition coefficient (Wildman–Crippen LogP) is 3.37. The van der Waals surface area contributed by atoms with Crippen LogP contribution in [0.25, 0.3) is 0 Å². The van der Waals surface area contributed by atoms with Gasteiger partial charge >= 0.3 is 0 Å². The topological polar surface area (TPSA) is 37.4 Å². The van der Waals surface area contributed by atoms with Crippen molar-refractivity contribution in [3.8, 4) is 0 Å². The second kappa shape index (κ2) is 4.88. The largest absolute Gasteiger partial charge is 0.262 e. The Morgan fingerprint density at radius 2 is 1.67 bits per heavy atom. The van der Waals surface area contributed by atoms with Gasteiger partial charge in [-0.2, -0.15) is 0 Å². The zero-order chi connectivity index (χ0) is 15.2. The zero-order valence-corrected chi connectivity index (χ0v) is 13.3. The van der Waals surface area contributed by atoms with Crippen LogP contribution >= 0.6 is 0 Å². The van der Waals surface area contributed by atoms with Crippen molar-refractivity contribution in [2.24, 2.45) is 0 Å². The molecule has 0 spiro atoms. The number of benzene rings is 2. The third-order valence-corrected chi connectivity index (χ3v) is 5.29. The Morgan fingerprint density at radius 3 is 2.33 bits per heavy atom. The van der Waals surface area contributed by atoms with E-state index in [1.807, 2.05) is 56.3 Å². The lowest BCUT2D eigenvalue weighted by Crippen LogP contribution is -2.32. The number of anilines is 1. The fraction of sp³-hybridized carbons (Fsp3) is 0.294. The number of nitrogens with zero attached hydrogens (tertiary/aromatic N) is 1. The summed E-state index contributed by atoms with van der Waals surface area (Å²) in [5.41, 5.74) is 5.18. The third kappa shape index (κ3) is 2.33. The molecule has 0 aromatic heterocycles. The highest BCUT2D eigenvalue weighted by Crippen LogP contribution is 2.44. The first kappa shape index (κ1) is 14.1. The minimum atomic E-state index is -3.32. The van der Waals surface area contributed by atoms with Gasteiger partial charge in [0, 0.05) is 6.42 Å². The van der Waals surface area contributed by atoms with Crippen molar-refractivity contribution in [1.29, 1.82) is 0 Å². The van der Waals surface area contributed by atoms with Crippen LogP contribution in [-0.2, 0) is 16.4 Å². The Bertz CT molecular complexity index is 796. The summed E-state index contributed by atoms with van der Waals surface area (Å²) in [6.07, 6.45) is 2.02. The summed E-state index contributed by atoms with van der Waals surface area (Å²) in [5.74, 6) is 0. The molecule has 3 rings (SSSR count). The van der Waals surface area contributed by atoms with Gasteiger partial charge in [-0.1, -0.05) is 42.5 Å². The molecule has 1 aliphatic heterocycles. The summed E-state index contributed by atoms with van der Waals surface area (Å²) in [4.78, 5) is 0. The van der Waals surface area contributed by atoms with Crippen LogP contribution in [0.1, 0.15) is 28.3 Å². The summed E-state index contributed by atoms with van der Waals surface area (Å²) in [6.45, 7) is 4.00. The molecule has 21 heavy (non-hydrogen) atoms. The quantitative estimate of drug-likeness (QED) is 0.853. The van der Waals surface area contributed by atoms with Crippen molar-refractivity contribution in [1.82, 2.24) is 0 Å². The maximum Gasteiger partial charge on any atom is 0.232 e. The molecule has 0 bridgehead atoms. The Balaban J connectivity index is 2.21. The van der Waals surface area contributed by atoms with Gasteiger partial charge < -0.3 is 0 Å².